The molecule has 310 valence electrons. The topological polar surface area (TPSA) is 183 Å². The Labute approximate surface area is 353 Å². The first-order valence-corrected chi connectivity index (χ1v) is 20.2. The van der Waals surface area contributed by atoms with Crippen LogP contribution in [0.15, 0.2) is 97.8 Å². The largest absolute Gasteiger partial charge is 0.383 e. The number of amides is 2. The van der Waals surface area contributed by atoms with Gasteiger partial charge in [-0.3, -0.25) is 19.0 Å². The van der Waals surface area contributed by atoms with Crippen molar-refractivity contribution in [3.63, 3.8) is 0 Å². The number of carbonyl (C=O) groups excluding carboxylic acids is 2. The minimum Gasteiger partial charge on any atom is -0.383 e. The van der Waals surface area contributed by atoms with E-state index in [1.807, 2.05) is 39.5 Å². The lowest BCUT2D eigenvalue weighted by Gasteiger charge is -2.16. The Balaban J connectivity index is 0.934. The maximum atomic E-state index is 15.0. The number of nitrogens with one attached hydrogen (secondary N) is 3. The van der Waals surface area contributed by atoms with Crippen molar-refractivity contribution in [2.75, 3.05) is 21.7 Å². The van der Waals surface area contributed by atoms with Gasteiger partial charge in [-0.15, -0.1) is 0 Å². The molecule has 0 spiro atoms. The molecular weight excluding hydrogens is 791 g/mol. The number of nitrogens with zero attached hydrogens (tertiary/aromatic N) is 8. The maximum absolute atomic E-state index is 15.0. The van der Waals surface area contributed by atoms with Gasteiger partial charge in [0.1, 0.15) is 34.9 Å². The van der Waals surface area contributed by atoms with E-state index in [1.165, 1.54) is 24.3 Å². The highest BCUT2D eigenvalue weighted by Gasteiger charge is 2.45. The molecule has 0 radical (unpaired) electrons. The average molecular weight is 831 g/mol. The molecule has 2 aliphatic rings. The summed E-state index contributed by atoms with van der Waals surface area (Å²) in [5.74, 6) is 0.0831. The molecule has 8 aromatic rings. The lowest BCUT2D eigenvalue weighted by molar-refractivity contribution is -0.118. The monoisotopic (exact) mass is 830 g/mol. The molecule has 2 amide bonds. The fraction of sp³-hybridized carbons (Fsp3) is 0.217. The van der Waals surface area contributed by atoms with Gasteiger partial charge < -0.3 is 21.7 Å². The molecule has 14 nitrogen and oxygen atoms in total. The van der Waals surface area contributed by atoms with Crippen molar-refractivity contribution >= 4 is 56.6 Å². The van der Waals surface area contributed by atoms with E-state index in [2.05, 4.69) is 41.1 Å². The van der Waals surface area contributed by atoms with Gasteiger partial charge in [-0.1, -0.05) is 12.1 Å². The minimum absolute atomic E-state index is 0.102. The summed E-state index contributed by atoms with van der Waals surface area (Å²) < 4.78 is 33.1. The van der Waals surface area contributed by atoms with Crippen molar-refractivity contribution in [2.24, 2.45) is 25.9 Å². The fourth-order valence-electron chi connectivity index (χ4n) is 8.27. The van der Waals surface area contributed by atoms with Crippen molar-refractivity contribution in [3.05, 3.63) is 132 Å². The molecule has 0 saturated heterocycles. The molecule has 62 heavy (non-hydrogen) atoms. The van der Waals surface area contributed by atoms with Crippen molar-refractivity contribution in [2.45, 2.75) is 38.1 Å². The molecule has 10 rings (SSSR count). The van der Waals surface area contributed by atoms with Gasteiger partial charge >= 0.3 is 0 Å². The van der Waals surface area contributed by atoms with Gasteiger partial charge in [0, 0.05) is 79.2 Å². The Bertz CT molecular complexity index is 3110. The number of benzene rings is 2. The van der Waals surface area contributed by atoms with Gasteiger partial charge in [-0.2, -0.15) is 10.2 Å². The van der Waals surface area contributed by atoms with E-state index in [9.17, 15) is 14.0 Å². The summed E-state index contributed by atoms with van der Waals surface area (Å²) in [5, 5.41) is 20.4. The molecule has 0 unspecified atom stereocenters. The van der Waals surface area contributed by atoms with E-state index in [-0.39, 0.29) is 47.8 Å². The molecular formula is C46H40F2N12O2. The SMILES string of the molecule is Cc1ccc(F)cc1-c1cc2cc(NC(=O)[C@@H]3C[C@H]3c3cnn(C)c3)ncc2c(NCc2ccc(F)cc2-c2cc3cc(NC(=O)[C@H]4C[C@@H]4c4cnn(C)c4)ncc3c(N)n2)n1. The van der Waals surface area contributed by atoms with E-state index in [0.717, 1.165) is 29.5 Å². The molecule has 6 aromatic heterocycles. The summed E-state index contributed by atoms with van der Waals surface area (Å²) in [5.41, 5.74) is 12.0. The van der Waals surface area contributed by atoms with Crippen molar-refractivity contribution < 1.29 is 18.4 Å². The van der Waals surface area contributed by atoms with Crippen LogP contribution in [0.1, 0.15) is 46.9 Å². The summed E-state index contributed by atoms with van der Waals surface area (Å²) in [4.78, 5) is 45.1. The normalized spacial score (nSPS) is 17.9. The summed E-state index contributed by atoms with van der Waals surface area (Å²) in [6, 6.07) is 16.1. The number of hydrogen-bond acceptors (Lipinski definition) is 10. The highest BCUT2D eigenvalue weighted by Crippen LogP contribution is 2.49. The van der Waals surface area contributed by atoms with Crippen LogP contribution < -0.4 is 21.7 Å². The van der Waals surface area contributed by atoms with Crippen LogP contribution >= 0.6 is 0 Å². The van der Waals surface area contributed by atoms with Crippen LogP contribution in [-0.4, -0.2) is 51.3 Å². The first kappa shape index (κ1) is 38.6. The molecule has 2 saturated carbocycles. The lowest BCUT2D eigenvalue weighted by Crippen LogP contribution is -2.15. The smallest absolute Gasteiger partial charge is 0.229 e. The fourth-order valence-corrected chi connectivity index (χ4v) is 8.27. The first-order valence-electron chi connectivity index (χ1n) is 20.2. The maximum Gasteiger partial charge on any atom is 0.229 e. The van der Waals surface area contributed by atoms with Gasteiger partial charge in [0.15, 0.2) is 0 Å². The van der Waals surface area contributed by atoms with E-state index < -0.39 is 11.6 Å². The second kappa shape index (κ2) is 15.1. The molecule has 2 aliphatic carbocycles. The Kier molecular flexibility index (Phi) is 9.41. The summed E-state index contributed by atoms with van der Waals surface area (Å²) in [6.07, 6.45) is 12.1. The number of hydrogen-bond donors (Lipinski definition) is 4. The van der Waals surface area contributed by atoms with Crippen LogP contribution in [0.25, 0.3) is 44.1 Å². The van der Waals surface area contributed by atoms with Gasteiger partial charge in [0.2, 0.25) is 11.8 Å². The number of carbonyl (C=O) groups is 2. The zero-order chi connectivity index (χ0) is 42.8. The second-order valence-electron chi connectivity index (χ2n) is 16.2. The lowest BCUT2D eigenvalue weighted by atomic mass is 10.0. The molecule has 0 aliphatic heterocycles. The predicted molar refractivity (Wildman–Crippen MR) is 232 cm³/mol. The Hall–Kier alpha value is -7.62. The van der Waals surface area contributed by atoms with Crippen LogP contribution in [0.3, 0.4) is 0 Å². The number of fused-ring (bicyclic) bond motifs is 2. The third-order valence-corrected chi connectivity index (χ3v) is 11.8. The van der Waals surface area contributed by atoms with E-state index >= 15 is 4.39 Å². The number of nitrogens with two attached hydrogens (primary N) is 1. The molecule has 0 bridgehead atoms. The van der Waals surface area contributed by atoms with E-state index in [1.54, 1.807) is 64.5 Å². The van der Waals surface area contributed by atoms with Crippen molar-refractivity contribution in [1.82, 2.24) is 39.5 Å². The standard InChI is InChI=1S/C46H40F2N12O2/c1-23-4-6-29(47)12-31(23)39-9-26-11-42(58-46(62)36-15-33(36)28-18-54-60(3)22-28)51-20-38(26)44(56-39)52-16-24-5-7-30(48)13-34(24)40-8-25-10-41(50-19-37(25)43(49)55-40)57-45(61)35-14-32(35)27-17-53-59(2)21-27/h4-13,17-22,32-33,35-36H,14-16H2,1-3H3,(H2,49,55)(H,52,56)(H,50,57,61)(H,51,58,62)/t32-,33+,35+,36-/m1/s1. The van der Waals surface area contributed by atoms with Gasteiger partial charge in [0.25, 0.3) is 0 Å². The van der Waals surface area contributed by atoms with Gasteiger partial charge in [-0.25, -0.2) is 28.7 Å². The number of halogens is 2. The predicted octanol–water partition coefficient (Wildman–Crippen LogP) is 7.64. The molecule has 2 aromatic carbocycles. The number of anilines is 4. The third-order valence-electron chi connectivity index (χ3n) is 11.8. The minimum atomic E-state index is -0.469. The van der Waals surface area contributed by atoms with Crippen LogP contribution in [0.2, 0.25) is 0 Å². The molecule has 5 N–H and O–H groups in total. The Morgan fingerprint density at radius 1 is 0.710 bits per heavy atom. The van der Waals surface area contributed by atoms with Gasteiger partial charge in [0.05, 0.1) is 23.8 Å². The van der Waals surface area contributed by atoms with Crippen LogP contribution in [0.4, 0.5) is 32.1 Å². The highest BCUT2D eigenvalue weighted by molar-refractivity contribution is 6.00. The average Bonchev–Trinajstić information content (AvgIpc) is 4.15. The van der Waals surface area contributed by atoms with E-state index in [0.29, 0.717) is 67.1 Å². The summed E-state index contributed by atoms with van der Waals surface area (Å²) in [7, 11) is 3.69. The number of pyridine rings is 4. The molecule has 4 atom stereocenters. The van der Waals surface area contributed by atoms with Crippen LogP contribution in [0.5, 0.6) is 0 Å². The first-order chi connectivity index (χ1) is 29.9. The Morgan fingerprint density at radius 2 is 1.26 bits per heavy atom. The zero-order valence-electron chi connectivity index (χ0n) is 33.9. The molecule has 2 fully saturated rings. The van der Waals surface area contributed by atoms with E-state index in [4.69, 9.17) is 10.7 Å². The molecule has 16 heteroatoms. The quantitative estimate of drug-likeness (QED) is 0.101. The summed E-state index contributed by atoms with van der Waals surface area (Å²) in [6.45, 7) is 2.06. The number of aryl methyl sites for hydroxylation is 3. The molecule has 6 heterocycles. The zero-order valence-corrected chi connectivity index (χ0v) is 33.9. The number of aromatic nitrogens is 8. The van der Waals surface area contributed by atoms with Crippen LogP contribution in [0, 0.1) is 30.4 Å². The highest BCUT2D eigenvalue weighted by atomic mass is 19.1. The summed E-state index contributed by atoms with van der Waals surface area (Å²) >= 11 is 0. The third kappa shape index (κ3) is 7.54. The number of rotatable bonds is 11. The number of nitrogen functional groups attached to an aromatic ring is 1. The van der Waals surface area contributed by atoms with Crippen molar-refractivity contribution in [1.29, 1.82) is 0 Å². The Morgan fingerprint density at radius 3 is 1.85 bits per heavy atom. The second-order valence-corrected chi connectivity index (χ2v) is 16.2. The van der Waals surface area contributed by atoms with Crippen LogP contribution in [-0.2, 0) is 30.2 Å². The van der Waals surface area contributed by atoms with Gasteiger partial charge in [-0.05, 0) is 113 Å². The van der Waals surface area contributed by atoms with Crippen molar-refractivity contribution in [3.8, 4) is 22.5 Å².